The molecular weight excluding hydrogens is 482 g/mol. The van der Waals surface area contributed by atoms with E-state index in [1.807, 2.05) is 12.1 Å². The van der Waals surface area contributed by atoms with Gasteiger partial charge in [0.15, 0.2) is 0 Å². The van der Waals surface area contributed by atoms with Crippen molar-refractivity contribution in [3.05, 3.63) is 50.9 Å². The van der Waals surface area contributed by atoms with Gasteiger partial charge in [-0.3, -0.25) is 5.32 Å². The predicted octanol–water partition coefficient (Wildman–Crippen LogP) is 6.66. The average Bonchev–Trinajstić information content (AvgIpc) is 3.04. The molecule has 0 atom stereocenters. The molecule has 3 aromatic rings. The maximum absolute atomic E-state index is 10.3. The number of hydrogen-bond acceptors (Lipinski definition) is 2. The van der Waals surface area contributed by atoms with Crippen molar-refractivity contribution in [2.24, 2.45) is 0 Å². The Hall–Kier alpha value is -1.53. The third-order valence-electron chi connectivity index (χ3n) is 5.01. The van der Waals surface area contributed by atoms with Gasteiger partial charge in [0, 0.05) is 10.0 Å². The second-order valence-corrected chi connectivity index (χ2v) is 8.93. The van der Waals surface area contributed by atoms with Crippen molar-refractivity contribution in [1.82, 2.24) is 4.98 Å². The highest BCUT2D eigenvalue weighted by Crippen LogP contribution is 2.32. The number of aromatic amines is 1. The van der Waals surface area contributed by atoms with Crippen molar-refractivity contribution >= 4 is 48.8 Å². The quantitative estimate of drug-likeness (QED) is 0.211. The Morgan fingerprint density at radius 3 is 2.61 bits per heavy atom. The Labute approximate surface area is 183 Å². The molecule has 1 heterocycles. The standard InChI is InChI=1S/C22H27Br2N3O/c1-2-3-4-5-6-9-12-27-20-11-8-7-10-19(20)26-22(27)25-15-16-13-17(23)14-18(24)21(16)28/h7-8,10-11,13-14H,2-6,9,12,15H2,1H3,(H2,25,26,28)/p+1. The number of hydrogen-bond donors (Lipinski definition) is 3. The third-order valence-corrected chi connectivity index (χ3v) is 6.07. The predicted molar refractivity (Wildman–Crippen MR) is 123 cm³/mol. The van der Waals surface area contributed by atoms with E-state index < -0.39 is 0 Å². The zero-order chi connectivity index (χ0) is 19.9. The number of halogens is 2. The van der Waals surface area contributed by atoms with Crippen LogP contribution in [0.2, 0.25) is 0 Å². The molecule has 6 heteroatoms. The van der Waals surface area contributed by atoms with Gasteiger partial charge in [-0.1, -0.05) is 67.1 Å². The topological polar surface area (TPSA) is 51.9 Å². The summed E-state index contributed by atoms with van der Waals surface area (Å²) < 4.78 is 3.94. The van der Waals surface area contributed by atoms with Crippen LogP contribution in [0.5, 0.6) is 5.75 Å². The molecule has 0 aliphatic heterocycles. The number of aromatic hydroxyl groups is 1. The zero-order valence-corrected chi connectivity index (χ0v) is 19.4. The maximum atomic E-state index is 10.3. The fourth-order valence-corrected chi connectivity index (χ4v) is 4.80. The molecule has 0 aliphatic rings. The van der Waals surface area contributed by atoms with E-state index in [0.717, 1.165) is 28.0 Å². The van der Waals surface area contributed by atoms with Crippen molar-refractivity contribution in [3.63, 3.8) is 0 Å². The Balaban J connectivity index is 1.73. The van der Waals surface area contributed by atoms with Gasteiger partial charge < -0.3 is 5.11 Å². The van der Waals surface area contributed by atoms with Crippen LogP contribution in [0.3, 0.4) is 0 Å². The number of aromatic nitrogens is 2. The Morgan fingerprint density at radius 2 is 1.79 bits per heavy atom. The number of rotatable bonds is 10. The molecule has 0 radical (unpaired) electrons. The van der Waals surface area contributed by atoms with E-state index in [1.54, 1.807) is 0 Å². The first-order valence-corrected chi connectivity index (χ1v) is 11.6. The number of fused-ring (bicyclic) bond motifs is 1. The first-order valence-electron chi connectivity index (χ1n) is 10.0. The highest BCUT2D eigenvalue weighted by molar-refractivity contribution is 9.11. The summed E-state index contributed by atoms with van der Waals surface area (Å²) in [6.45, 7) is 3.77. The molecule has 0 amide bonds. The van der Waals surface area contributed by atoms with Crippen LogP contribution < -0.4 is 9.88 Å². The smallest absolute Gasteiger partial charge is 0.356 e. The molecule has 2 aromatic carbocycles. The minimum atomic E-state index is 0.272. The molecule has 0 unspecified atom stereocenters. The van der Waals surface area contributed by atoms with Crippen molar-refractivity contribution in [3.8, 4) is 5.75 Å². The van der Waals surface area contributed by atoms with Crippen LogP contribution in [-0.4, -0.2) is 10.1 Å². The van der Waals surface area contributed by atoms with Crippen LogP contribution in [0.15, 0.2) is 45.3 Å². The number of nitrogens with one attached hydrogen (secondary N) is 2. The summed E-state index contributed by atoms with van der Waals surface area (Å²) in [4.78, 5) is 3.49. The van der Waals surface area contributed by atoms with Gasteiger partial charge in [0.05, 0.1) is 17.6 Å². The van der Waals surface area contributed by atoms with Gasteiger partial charge >= 0.3 is 5.95 Å². The van der Waals surface area contributed by atoms with E-state index in [9.17, 15) is 5.11 Å². The molecule has 4 nitrogen and oxygen atoms in total. The summed E-state index contributed by atoms with van der Waals surface area (Å²) in [5.74, 6) is 1.25. The molecule has 0 aliphatic carbocycles. The molecule has 3 rings (SSSR count). The van der Waals surface area contributed by atoms with Crippen molar-refractivity contribution in [2.45, 2.75) is 58.5 Å². The Bertz CT molecular complexity index is 924. The fraction of sp³-hybridized carbons (Fsp3) is 0.409. The van der Waals surface area contributed by atoms with E-state index in [4.69, 9.17) is 0 Å². The number of imidazole rings is 1. The molecular formula is C22H28Br2N3O+. The van der Waals surface area contributed by atoms with Crippen LogP contribution in [0.25, 0.3) is 11.0 Å². The molecule has 3 N–H and O–H groups in total. The second-order valence-electron chi connectivity index (χ2n) is 7.16. The molecule has 0 saturated heterocycles. The number of anilines is 1. The highest BCUT2D eigenvalue weighted by atomic mass is 79.9. The number of phenols is 1. The first-order chi connectivity index (χ1) is 13.6. The number of benzene rings is 2. The van der Waals surface area contributed by atoms with E-state index in [-0.39, 0.29) is 5.75 Å². The van der Waals surface area contributed by atoms with Gasteiger partial charge in [0.25, 0.3) is 0 Å². The summed E-state index contributed by atoms with van der Waals surface area (Å²) in [6, 6.07) is 12.2. The molecule has 0 bridgehead atoms. The number of phenolic OH excluding ortho intramolecular Hbond substituents is 1. The number of aryl methyl sites for hydroxylation is 1. The van der Waals surface area contributed by atoms with Gasteiger partial charge in [-0.25, -0.2) is 9.55 Å². The Kier molecular flexibility index (Phi) is 7.80. The largest absolute Gasteiger partial charge is 0.506 e. The number of unbranched alkanes of at least 4 members (excludes halogenated alkanes) is 5. The lowest BCUT2D eigenvalue weighted by molar-refractivity contribution is -0.657. The van der Waals surface area contributed by atoms with E-state index >= 15 is 0 Å². The summed E-state index contributed by atoms with van der Waals surface area (Å²) in [5, 5.41) is 13.8. The lowest BCUT2D eigenvalue weighted by Gasteiger charge is -2.08. The highest BCUT2D eigenvalue weighted by Gasteiger charge is 2.18. The first kappa shape index (κ1) is 21.2. The normalized spacial score (nSPS) is 11.2. The Morgan fingerprint density at radius 1 is 1.04 bits per heavy atom. The molecule has 0 spiro atoms. The summed E-state index contributed by atoms with van der Waals surface area (Å²) in [5.41, 5.74) is 3.17. The van der Waals surface area contributed by atoms with Gasteiger partial charge in [-0.2, -0.15) is 0 Å². The van der Waals surface area contributed by atoms with E-state index in [0.29, 0.717) is 11.0 Å². The molecule has 150 valence electrons. The summed E-state index contributed by atoms with van der Waals surface area (Å²) in [7, 11) is 0. The monoisotopic (exact) mass is 508 g/mol. The molecule has 0 fully saturated rings. The van der Waals surface area contributed by atoms with Crippen molar-refractivity contribution in [2.75, 3.05) is 5.32 Å². The third kappa shape index (κ3) is 5.29. The van der Waals surface area contributed by atoms with Gasteiger partial charge in [0.1, 0.15) is 16.8 Å². The molecule has 1 aromatic heterocycles. The SMILES string of the molecule is CCCCCCCC[n+]1c(NCc2cc(Br)cc(Br)c2O)[nH]c2ccccc21. The number of nitrogens with zero attached hydrogens (tertiary/aromatic N) is 1. The average molecular weight is 510 g/mol. The van der Waals surface area contributed by atoms with Gasteiger partial charge in [-0.05, 0) is 46.6 Å². The number of H-pyrrole nitrogens is 1. The van der Waals surface area contributed by atoms with Crippen LogP contribution in [0.1, 0.15) is 51.0 Å². The summed E-state index contributed by atoms with van der Waals surface area (Å²) >= 11 is 6.90. The van der Waals surface area contributed by atoms with Crippen molar-refractivity contribution < 1.29 is 9.67 Å². The molecule has 0 saturated carbocycles. The minimum absolute atomic E-state index is 0.272. The van der Waals surface area contributed by atoms with Crippen LogP contribution in [-0.2, 0) is 13.1 Å². The zero-order valence-electron chi connectivity index (χ0n) is 16.3. The van der Waals surface area contributed by atoms with Gasteiger partial charge in [0.2, 0.25) is 0 Å². The van der Waals surface area contributed by atoms with Crippen molar-refractivity contribution in [1.29, 1.82) is 0 Å². The van der Waals surface area contributed by atoms with E-state index in [2.05, 4.69) is 77.9 Å². The fourth-order valence-electron chi connectivity index (χ4n) is 3.49. The van der Waals surface area contributed by atoms with Crippen LogP contribution >= 0.6 is 31.9 Å². The van der Waals surface area contributed by atoms with Crippen LogP contribution in [0.4, 0.5) is 5.95 Å². The van der Waals surface area contributed by atoms with E-state index in [1.165, 1.54) is 44.0 Å². The minimum Gasteiger partial charge on any atom is -0.506 e. The second kappa shape index (κ2) is 10.3. The van der Waals surface area contributed by atoms with Crippen LogP contribution in [0, 0.1) is 0 Å². The number of para-hydroxylation sites is 2. The van der Waals surface area contributed by atoms with Gasteiger partial charge in [-0.15, -0.1) is 0 Å². The maximum Gasteiger partial charge on any atom is 0.356 e. The molecule has 28 heavy (non-hydrogen) atoms. The summed E-state index contributed by atoms with van der Waals surface area (Å²) in [6.07, 6.45) is 7.67. The lowest BCUT2D eigenvalue weighted by Crippen LogP contribution is -2.36. The lowest BCUT2D eigenvalue weighted by atomic mass is 10.1.